The summed E-state index contributed by atoms with van der Waals surface area (Å²) in [4.78, 5) is 12.3. The molecule has 1 amide bonds. The summed E-state index contributed by atoms with van der Waals surface area (Å²) in [6.07, 6.45) is 0. The minimum Gasteiger partial charge on any atom is -0.322 e. The molecule has 144 valence electrons. The van der Waals surface area contributed by atoms with E-state index in [-0.39, 0.29) is 5.91 Å². The van der Waals surface area contributed by atoms with Crippen molar-refractivity contribution in [3.05, 3.63) is 100 Å². The van der Waals surface area contributed by atoms with Crippen molar-refractivity contribution in [3.63, 3.8) is 0 Å². The highest BCUT2D eigenvalue weighted by Gasteiger charge is 2.08. The lowest BCUT2D eigenvalue weighted by Gasteiger charge is -2.06. The van der Waals surface area contributed by atoms with Crippen LogP contribution in [0.15, 0.2) is 89.3 Å². The summed E-state index contributed by atoms with van der Waals surface area (Å²) in [7, 11) is 0. The molecule has 4 aromatic rings. The fourth-order valence-electron chi connectivity index (χ4n) is 2.67. The zero-order chi connectivity index (χ0) is 20.1. The molecule has 1 heterocycles. The number of carbonyl (C=O) groups excluding carboxylic acids is 1. The van der Waals surface area contributed by atoms with Gasteiger partial charge in [-0.3, -0.25) is 4.79 Å². The summed E-state index contributed by atoms with van der Waals surface area (Å²) in [5.74, 6) is 0.646. The first-order valence-electron chi connectivity index (χ1n) is 8.93. The number of aromatic nitrogens is 2. The van der Waals surface area contributed by atoms with Crippen LogP contribution in [-0.4, -0.2) is 15.7 Å². The van der Waals surface area contributed by atoms with Crippen molar-refractivity contribution in [3.8, 4) is 5.69 Å². The number of hydrogen-bond donors (Lipinski definition) is 1. The number of benzene rings is 3. The fraction of sp³-hybridized carbons (Fsp3) is 0.0455. The summed E-state index contributed by atoms with van der Waals surface area (Å²) in [6, 6.07) is 27.0. The van der Waals surface area contributed by atoms with Crippen molar-refractivity contribution in [2.75, 3.05) is 5.32 Å². The Balaban J connectivity index is 1.38. The van der Waals surface area contributed by atoms with E-state index in [1.165, 1.54) is 11.3 Å². The zero-order valence-electron chi connectivity index (χ0n) is 15.3. The molecule has 7 heteroatoms. The fourth-order valence-corrected chi connectivity index (χ4v) is 4.99. The number of nitrogens with zero attached hydrogens (tertiary/aromatic N) is 2. The normalized spacial score (nSPS) is 10.6. The molecule has 4 rings (SSSR count). The third-order valence-electron chi connectivity index (χ3n) is 4.14. The molecule has 0 spiro atoms. The van der Waals surface area contributed by atoms with Gasteiger partial charge in [-0.1, -0.05) is 71.6 Å². The van der Waals surface area contributed by atoms with Crippen LogP contribution in [0.3, 0.4) is 0 Å². The van der Waals surface area contributed by atoms with Gasteiger partial charge in [-0.2, -0.15) is 0 Å². The van der Waals surface area contributed by atoms with Gasteiger partial charge in [0.1, 0.15) is 0 Å². The molecule has 0 atom stereocenters. The third-order valence-corrected chi connectivity index (χ3v) is 6.58. The second-order valence-corrected chi connectivity index (χ2v) is 9.03. The number of amides is 1. The van der Waals surface area contributed by atoms with Crippen molar-refractivity contribution < 1.29 is 4.79 Å². The zero-order valence-corrected chi connectivity index (χ0v) is 17.8. The summed E-state index contributed by atoms with van der Waals surface area (Å²) >= 11 is 8.59. The van der Waals surface area contributed by atoms with Crippen LogP contribution in [0.25, 0.3) is 5.69 Å². The van der Waals surface area contributed by atoms with Crippen LogP contribution in [0.1, 0.15) is 15.9 Å². The van der Waals surface area contributed by atoms with Crippen molar-refractivity contribution >= 4 is 46.9 Å². The Kier molecular flexibility index (Phi) is 6.19. The number of nitrogens with one attached hydrogen (secondary N) is 1. The first-order valence-corrected chi connectivity index (χ1v) is 11.1. The highest BCUT2D eigenvalue weighted by Crippen LogP contribution is 2.27. The monoisotopic (exact) mass is 435 g/mol. The van der Waals surface area contributed by atoms with Crippen LogP contribution in [-0.2, 0) is 5.75 Å². The van der Waals surface area contributed by atoms with Gasteiger partial charge in [0.05, 0.1) is 5.69 Å². The van der Waals surface area contributed by atoms with Crippen molar-refractivity contribution in [1.82, 2.24) is 9.78 Å². The average molecular weight is 436 g/mol. The number of anilines is 1. The molecule has 0 saturated carbocycles. The first kappa shape index (κ1) is 19.6. The van der Waals surface area contributed by atoms with Gasteiger partial charge in [0, 0.05) is 17.0 Å². The van der Waals surface area contributed by atoms with Gasteiger partial charge in [-0.25, -0.2) is 4.68 Å². The highest BCUT2D eigenvalue weighted by atomic mass is 32.2. The predicted molar refractivity (Wildman–Crippen MR) is 123 cm³/mol. The standard InChI is InChI=1S/C22H17N3OS3/c26-20(23-18-7-3-1-4-8-18)17-13-11-16(12-14-17)15-28-21-24-25(22(27)29-21)19-9-5-2-6-10-19/h1-14H,15H2,(H,23,26). The molecular weight excluding hydrogens is 418 g/mol. The van der Waals surface area contributed by atoms with E-state index in [1.54, 1.807) is 16.4 Å². The summed E-state index contributed by atoms with van der Waals surface area (Å²) in [5.41, 5.74) is 3.51. The van der Waals surface area contributed by atoms with E-state index in [2.05, 4.69) is 10.4 Å². The number of thioether (sulfide) groups is 1. The SMILES string of the molecule is O=C(Nc1ccccc1)c1ccc(CSc2nn(-c3ccccc3)c(=S)s2)cc1. The molecule has 0 aliphatic carbocycles. The van der Waals surface area contributed by atoms with E-state index >= 15 is 0 Å². The molecule has 0 saturated heterocycles. The molecule has 0 bridgehead atoms. The smallest absolute Gasteiger partial charge is 0.255 e. The van der Waals surface area contributed by atoms with Crippen LogP contribution < -0.4 is 5.32 Å². The van der Waals surface area contributed by atoms with Crippen LogP contribution in [0, 0.1) is 3.95 Å². The van der Waals surface area contributed by atoms with E-state index in [0.29, 0.717) is 5.56 Å². The van der Waals surface area contributed by atoms with Crippen molar-refractivity contribution in [2.45, 2.75) is 10.1 Å². The number of para-hydroxylation sites is 2. The Morgan fingerprint density at radius 1 is 0.966 bits per heavy atom. The molecule has 1 N–H and O–H groups in total. The van der Waals surface area contributed by atoms with E-state index < -0.39 is 0 Å². The molecule has 1 aromatic heterocycles. The molecule has 3 aromatic carbocycles. The van der Waals surface area contributed by atoms with E-state index in [0.717, 1.165) is 31.0 Å². The second kappa shape index (κ2) is 9.17. The van der Waals surface area contributed by atoms with E-state index in [9.17, 15) is 4.79 Å². The lowest BCUT2D eigenvalue weighted by atomic mass is 10.1. The average Bonchev–Trinajstić information content (AvgIpc) is 3.14. The molecule has 0 aliphatic heterocycles. The summed E-state index contributed by atoms with van der Waals surface area (Å²) < 4.78 is 3.44. The third kappa shape index (κ3) is 5.00. The first-order chi connectivity index (χ1) is 14.2. The largest absolute Gasteiger partial charge is 0.322 e. The Morgan fingerprint density at radius 2 is 1.62 bits per heavy atom. The maximum Gasteiger partial charge on any atom is 0.255 e. The van der Waals surface area contributed by atoms with Crippen LogP contribution in [0.4, 0.5) is 5.69 Å². The van der Waals surface area contributed by atoms with Crippen LogP contribution in [0.2, 0.25) is 0 Å². The maximum atomic E-state index is 12.3. The van der Waals surface area contributed by atoms with Crippen molar-refractivity contribution in [1.29, 1.82) is 0 Å². The van der Waals surface area contributed by atoms with E-state index in [4.69, 9.17) is 12.2 Å². The Labute approximate surface area is 182 Å². The Morgan fingerprint density at radius 3 is 2.31 bits per heavy atom. The quantitative estimate of drug-likeness (QED) is 0.289. The van der Waals surface area contributed by atoms with Crippen LogP contribution >= 0.6 is 35.3 Å². The number of rotatable bonds is 6. The van der Waals surface area contributed by atoms with Gasteiger partial charge in [-0.05, 0) is 54.2 Å². The highest BCUT2D eigenvalue weighted by molar-refractivity contribution is 8.00. The number of hydrogen-bond acceptors (Lipinski definition) is 5. The topological polar surface area (TPSA) is 46.9 Å². The second-order valence-electron chi connectivity index (χ2n) is 6.19. The molecule has 0 radical (unpaired) electrons. The minimum atomic E-state index is -0.116. The molecular formula is C22H17N3OS3. The van der Waals surface area contributed by atoms with Crippen LogP contribution in [0.5, 0.6) is 0 Å². The molecule has 0 unspecified atom stereocenters. The predicted octanol–water partition coefficient (Wildman–Crippen LogP) is 6.21. The molecule has 29 heavy (non-hydrogen) atoms. The summed E-state index contributed by atoms with van der Waals surface area (Å²) in [6.45, 7) is 0. The van der Waals surface area contributed by atoms with Gasteiger partial charge < -0.3 is 5.32 Å². The van der Waals surface area contributed by atoms with Gasteiger partial charge in [0.25, 0.3) is 5.91 Å². The molecule has 0 fully saturated rings. The van der Waals surface area contributed by atoms with Gasteiger partial charge in [0.2, 0.25) is 0 Å². The summed E-state index contributed by atoms with van der Waals surface area (Å²) in [5, 5.41) is 7.51. The van der Waals surface area contributed by atoms with E-state index in [1.807, 2.05) is 84.9 Å². The Bertz CT molecular complexity index is 1150. The van der Waals surface area contributed by atoms with Crippen molar-refractivity contribution in [2.24, 2.45) is 0 Å². The number of carbonyl (C=O) groups is 1. The molecule has 4 nitrogen and oxygen atoms in total. The molecule has 0 aliphatic rings. The maximum absolute atomic E-state index is 12.3. The van der Waals surface area contributed by atoms with Gasteiger partial charge >= 0.3 is 0 Å². The lowest BCUT2D eigenvalue weighted by Crippen LogP contribution is -2.11. The van der Waals surface area contributed by atoms with Gasteiger partial charge in [0.15, 0.2) is 8.29 Å². The Hall–Kier alpha value is -2.74. The lowest BCUT2D eigenvalue weighted by molar-refractivity contribution is 0.102. The van der Waals surface area contributed by atoms with Gasteiger partial charge in [-0.15, -0.1) is 5.10 Å². The minimum absolute atomic E-state index is 0.116.